The molecule has 0 spiro atoms. The van der Waals surface area contributed by atoms with Gasteiger partial charge in [0.25, 0.3) is 0 Å². The maximum absolute atomic E-state index is 5.56. The maximum atomic E-state index is 5.56. The zero-order chi connectivity index (χ0) is 12.9. The largest absolute Gasteiger partial charge is 0.464 e. The number of piperidine rings is 1. The highest BCUT2D eigenvalue weighted by Gasteiger charge is 2.12. The van der Waals surface area contributed by atoms with Gasteiger partial charge in [-0.25, -0.2) is 0 Å². The molecular weight excluding hydrogens is 236 g/mol. The van der Waals surface area contributed by atoms with E-state index in [0.29, 0.717) is 0 Å². The molecule has 3 heteroatoms. The van der Waals surface area contributed by atoms with Gasteiger partial charge in [-0.05, 0) is 63.0 Å². The molecule has 1 aliphatic heterocycles. The standard InChI is InChI=1S/C16H22N2O/c1-2-4-16-15(3-1)14(12-19-16)7-10-18-11-13-5-8-17-9-6-13/h1-4,12-13,17-18H,5-11H2. The van der Waals surface area contributed by atoms with Crippen molar-refractivity contribution in [2.75, 3.05) is 26.2 Å². The third-order valence-corrected chi connectivity index (χ3v) is 4.02. The summed E-state index contributed by atoms with van der Waals surface area (Å²) in [6, 6.07) is 8.26. The number of para-hydroxylation sites is 1. The summed E-state index contributed by atoms with van der Waals surface area (Å²) in [5.74, 6) is 0.849. The Hall–Kier alpha value is -1.32. The van der Waals surface area contributed by atoms with Gasteiger partial charge in [0.05, 0.1) is 6.26 Å². The molecule has 1 aromatic heterocycles. The van der Waals surface area contributed by atoms with Gasteiger partial charge >= 0.3 is 0 Å². The normalized spacial score (nSPS) is 17.1. The Kier molecular flexibility index (Phi) is 4.16. The second-order valence-electron chi connectivity index (χ2n) is 5.40. The molecule has 3 rings (SSSR count). The number of hydrogen-bond acceptors (Lipinski definition) is 3. The Morgan fingerprint density at radius 3 is 2.95 bits per heavy atom. The summed E-state index contributed by atoms with van der Waals surface area (Å²) in [6.07, 6.45) is 5.56. The fraction of sp³-hybridized carbons (Fsp3) is 0.500. The van der Waals surface area contributed by atoms with E-state index < -0.39 is 0 Å². The number of fused-ring (bicyclic) bond motifs is 1. The lowest BCUT2D eigenvalue weighted by Crippen LogP contribution is -2.34. The van der Waals surface area contributed by atoms with Crippen molar-refractivity contribution in [1.82, 2.24) is 10.6 Å². The summed E-state index contributed by atoms with van der Waals surface area (Å²) < 4.78 is 5.56. The summed E-state index contributed by atoms with van der Waals surface area (Å²) in [4.78, 5) is 0. The lowest BCUT2D eigenvalue weighted by molar-refractivity contribution is 0.358. The van der Waals surface area contributed by atoms with Crippen LogP contribution in [0.3, 0.4) is 0 Å². The van der Waals surface area contributed by atoms with Crippen molar-refractivity contribution < 1.29 is 4.42 Å². The Bertz CT molecular complexity index is 514. The minimum absolute atomic E-state index is 0.849. The Morgan fingerprint density at radius 2 is 2.05 bits per heavy atom. The highest BCUT2D eigenvalue weighted by molar-refractivity contribution is 5.80. The molecule has 1 saturated heterocycles. The van der Waals surface area contributed by atoms with E-state index in [9.17, 15) is 0 Å². The topological polar surface area (TPSA) is 37.2 Å². The van der Waals surface area contributed by atoms with Gasteiger partial charge in [0.1, 0.15) is 5.58 Å². The van der Waals surface area contributed by atoms with Gasteiger partial charge in [-0.2, -0.15) is 0 Å². The van der Waals surface area contributed by atoms with Crippen LogP contribution < -0.4 is 10.6 Å². The monoisotopic (exact) mass is 258 g/mol. The predicted octanol–water partition coefficient (Wildman–Crippen LogP) is 2.56. The molecule has 3 nitrogen and oxygen atoms in total. The number of rotatable bonds is 5. The van der Waals surface area contributed by atoms with Crippen molar-refractivity contribution in [1.29, 1.82) is 0 Å². The summed E-state index contributed by atoms with van der Waals surface area (Å²) >= 11 is 0. The van der Waals surface area contributed by atoms with Gasteiger partial charge in [-0.1, -0.05) is 18.2 Å². The lowest BCUT2D eigenvalue weighted by atomic mass is 9.98. The third kappa shape index (κ3) is 3.17. The van der Waals surface area contributed by atoms with Crippen LogP contribution in [0.5, 0.6) is 0 Å². The molecule has 2 aromatic rings. The van der Waals surface area contributed by atoms with Gasteiger partial charge in [0.15, 0.2) is 0 Å². The first-order valence-electron chi connectivity index (χ1n) is 7.30. The van der Waals surface area contributed by atoms with E-state index in [1.807, 2.05) is 18.4 Å². The van der Waals surface area contributed by atoms with E-state index in [1.165, 1.54) is 36.9 Å². The van der Waals surface area contributed by atoms with Crippen LogP contribution in [0.15, 0.2) is 34.9 Å². The summed E-state index contributed by atoms with van der Waals surface area (Å²) in [5, 5.41) is 8.25. The van der Waals surface area contributed by atoms with Crippen LogP contribution in [0.2, 0.25) is 0 Å². The van der Waals surface area contributed by atoms with E-state index in [1.54, 1.807) is 0 Å². The second kappa shape index (κ2) is 6.22. The molecule has 0 amide bonds. The Labute approximate surface area is 114 Å². The fourth-order valence-corrected chi connectivity index (χ4v) is 2.84. The average molecular weight is 258 g/mol. The first-order chi connectivity index (χ1) is 9.43. The molecule has 0 atom stereocenters. The molecule has 2 heterocycles. The van der Waals surface area contributed by atoms with E-state index >= 15 is 0 Å². The van der Waals surface area contributed by atoms with Crippen LogP contribution >= 0.6 is 0 Å². The summed E-state index contributed by atoms with van der Waals surface area (Å²) in [7, 11) is 0. The molecule has 0 radical (unpaired) electrons. The van der Waals surface area contributed by atoms with E-state index in [2.05, 4.69) is 22.8 Å². The molecule has 102 valence electrons. The van der Waals surface area contributed by atoms with E-state index in [0.717, 1.165) is 31.0 Å². The SMILES string of the molecule is c1ccc2c(CCNCC3CCNCC3)coc2c1. The minimum atomic E-state index is 0.849. The smallest absolute Gasteiger partial charge is 0.134 e. The molecule has 0 bridgehead atoms. The first kappa shape index (κ1) is 12.7. The molecular formula is C16H22N2O. The van der Waals surface area contributed by atoms with Crippen molar-refractivity contribution in [2.24, 2.45) is 5.92 Å². The zero-order valence-corrected chi connectivity index (χ0v) is 11.3. The van der Waals surface area contributed by atoms with Crippen LogP contribution in [0, 0.1) is 5.92 Å². The van der Waals surface area contributed by atoms with Crippen molar-refractivity contribution >= 4 is 11.0 Å². The van der Waals surface area contributed by atoms with Crippen LogP contribution in [-0.2, 0) is 6.42 Å². The second-order valence-corrected chi connectivity index (χ2v) is 5.40. The molecule has 0 aliphatic carbocycles. The van der Waals surface area contributed by atoms with Crippen LogP contribution in [0.4, 0.5) is 0 Å². The number of hydrogen-bond donors (Lipinski definition) is 2. The number of furan rings is 1. The zero-order valence-electron chi connectivity index (χ0n) is 11.3. The fourth-order valence-electron chi connectivity index (χ4n) is 2.84. The predicted molar refractivity (Wildman–Crippen MR) is 78.4 cm³/mol. The van der Waals surface area contributed by atoms with Gasteiger partial charge < -0.3 is 15.1 Å². The van der Waals surface area contributed by atoms with E-state index in [4.69, 9.17) is 4.42 Å². The number of benzene rings is 1. The molecule has 0 unspecified atom stereocenters. The lowest BCUT2D eigenvalue weighted by Gasteiger charge is -2.22. The Balaban J connectivity index is 1.47. The molecule has 2 N–H and O–H groups in total. The third-order valence-electron chi connectivity index (χ3n) is 4.02. The highest BCUT2D eigenvalue weighted by atomic mass is 16.3. The van der Waals surface area contributed by atoms with Gasteiger partial charge in [-0.15, -0.1) is 0 Å². The summed E-state index contributed by atoms with van der Waals surface area (Å²) in [6.45, 7) is 4.54. The van der Waals surface area contributed by atoms with Crippen molar-refractivity contribution in [3.05, 3.63) is 36.1 Å². The average Bonchev–Trinajstić information content (AvgIpc) is 2.88. The molecule has 1 fully saturated rings. The van der Waals surface area contributed by atoms with Crippen LogP contribution in [-0.4, -0.2) is 26.2 Å². The van der Waals surface area contributed by atoms with Crippen LogP contribution in [0.1, 0.15) is 18.4 Å². The molecule has 1 aliphatic rings. The van der Waals surface area contributed by atoms with Gasteiger partial charge in [-0.3, -0.25) is 0 Å². The molecule has 1 aromatic carbocycles. The quantitative estimate of drug-likeness (QED) is 0.809. The first-order valence-corrected chi connectivity index (χ1v) is 7.30. The van der Waals surface area contributed by atoms with Gasteiger partial charge in [0.2, 0.25) is 0 Å². The molecule has 0 saturated carbocycles. The maximum Gasteiger partial charge on any atom is 0.134 e. The van der Waals surface area contributed by atoms with Crippen LogP contribution in [0.25, 0.3) is 11.0 Å². The minimum Gasteiger partial charge on any atom is -0.464 e. The van der Waals surface area contributed by atoms with E-state index in [-0.39, 0.29) is 0 Å². The molecule has 19 heavy (non-hydrogen) atoms. The van der Waals surface area contributed by atoms with Crippen molar-refractivity contribution in [3.63, 3.8) is 0 Å². The summed E-state index contributed by atoms with van der Waals surface area (Å²) in [5.41, 5.74) is 2.31. The van der Waals surface area contributed by atoms with Crippen molar-refractivity contribution in [2.45, 2.75) is 19.3 Å². The number of nitrogens with one attached hydrogen (secondary N) is 2. The Morgan fingerprint density at radius 1 is 1.21 bits per heavy atom. The van der Waals surface area contributed by atoms with Gasteiger partial charge in [0, 0.05) is 5.39 Å². The van der Waals surface area contributed by atoms with Crippen molar-refractivity contribution in [3.8, 4) is 0 Å². The highest BCUT2D eigenvalue weighted by Crippen LogP contribution is 2.20.